The van der Waals surface area contributed by atoms with E-state index in [4.69, 9.17) is 5.11 Å². The Morgan fingerprint density at radius 1 is 2.00 bits per heavy atom. The molecule has 0 fully saturated rings. The standard InChI is InChI=1S/C2H7O2P/c1-5(4)2-3/h3,5H,2H2,1H3. The summed E-state index contributed by atoms with van der Waals surface area (Å²) in [5.74, 6) is 0. The summed E-state index contributed by atoms with van der Waals surface area (Å²) in [4.78, 5) is 0. The Bertz CT molecular complexity index is 42.9. The molecule has 0 amide bonds. The van der Waals surface area contributed by atoms with Gasteiger partial charge < -0.3 is 9.67 Å². The Labute approximate surface area is 31.6 Å². The molecule has 0 aliphatic rings. The van der Waals surface area contributed by atoms with E-state index in [0.29, 0.717) is 0 Å². The molecule has 1 atom stereocenters. The Balaban J connectivity index is 2.85. The van der Waals surface area contributed by atoms with Crippen molar-refractivity contribution in [1.82, 2.24) is 0 Å². The van der Waals surface area contributed by atoms with Crippen LogP contribution >= 0.6 is 7.80 Å². The van der Waals surface area contributed by atoms with Crippen LogP contribution in [0.15, 0.2) is 0 Å². The lowest BCUT2D eigenvalue weighted by atomic mass is 11.7. The van der Waals surface area contributed by atoms with Crippen molar-refractivity contribution in [2.24, 2.45) is 0 Å². The second-order valence-corrected chi connectivity index (χ2v) is 2.58. The first-order valence-corrected chi connectivity index (χ1v) is 3.49. The molecule has 0 spiro atoms. The molecule has 3 heteroatoms. The Hall–Kier alpha value is 0.190. The van der Waals surface area contributed by atoms with Crippen molar-refractivity contribution >= 4 is 7.80 Å². The summed E-state index contributed by atoms with van der Waals surface area (Å²) < 4.78 is 9.75. The number of rotatable bonds is 1. The predicted molar refractivity (Wildman–Crippen MR) is 22.0 cm³/mol. The number of hydrogen-bond donors (Lipinski definition) is 1. The van der Waals surface area contributed by atoms with Crippen LogP contribution in [-0.4, -0.2) is 18.1 Å². The maximum Gasteiger partial charge on any atom is 0.0973 e. The first-order valence-electron chi connectivity index (χ1n) is 1.37. The highest BCUT2D eigenvalue weighted by atomic mass is 31.1. The molecule has 0 rings (SSSR count). The van der Waals surface area contributed by atoms with Crippen LogP contribution in [0.25, 0.3) is 0 Å². The van der Waals surface area contributed by atoms with E-state index in [1.165, 1.54) is 6.66 Å². The molecule has 0 aromatic heterocycles. The minimum absolute atomic E-state index is 0.148. The normalized spacial score (nSPS) is 14.8. The van der Waals surface area contributed by atoms with Gasteiger partial charge >= 0.3 is 0 Å². The summed E-state index contributed by atoms with van der Waals surface area (Å²) >= 11 is 0. The Kier molecular flexibility index (Phi) is 2.52. The van der Waals surface area contributed by atoms with Gasteiger partial charge in [-0.25, -0.2) is 0 Å². The third-order valence-electron chi connectivity index (χ3n) is 0.223. The van der Waals surface area contributed by atoms with E-state index >= 15 is 0 Å². The van der Waals surface area contributed by atoms with Gasteiger partial charge in [-0.3, -0.25) is 0 Å². The largest absolute Gasteiger partial charge is 0.389 e. The van der Waals surface area contributed by atoms with Crippen molar-refractivity contribution in [3.8, 4) is 0 Å². The fraction of sp³-hybridized carbons (Fsp3) is 1.00. The quantitative estimate of drug-likeness (QED) is 0.469. The van der Waals surface area contributed by atoms with Crippen LogP contribution in [0, 0.1) is 0 Å². The van der Waals surface area contributed by atoms with E-state index in [0.717, 1.165) is 0 Å². The number of aliphatic hydroxyl groups excluding tert-OH is 1. The summed E-state index contributed by atoms with van der Waals surface area (Å²) in [6, 6.07) is 0. The van der Waals surface area contributed by atoms with Crippen LogP contribution < -0.4 is 0 Å². The van der Waals surface area contributed by atoms with E-state index in [1.807, 2.05) is 0 Å². The van der Waals surface area contributed by atoms with Gasteiger partial charge in [-0.05, 0) is 6.66 Å². The SMILES string of the molecule is C[PH](=O)CO. The predicted octanol–water partition coefficient (Wildman–Crippen LogP) is 0.126. The second kappa shape index (κ2) is 2.43. The molecule has 0 saturated carbocycles. The zero-order chi connectivity index (χ0) is 4.28. The van der Waals surface area contributed by atoms with E-state index in [2.05, 4.69) is 0 Å². The van der Waals surface area contributed by atoms with Crippen LogP contribution in [0.1, 0.15) is 0 Å². The van der Waals surface area contributed by atoms with E-state index in [1.54, 1.807) is 0 Å². The molecule has 5 heavy (non-hydrogen) atoms. The average Bonchev–Trinajstić information content (AvgIpc) is 1.38. The summed E-state index contributed by atoms with van der Waals surface area (Å²) in [5.41, 5.74) is 0. The van der Waals surface area contributed by atoms with Crippen molar-refractivity contribution in [2.75, 3.05) is 13.0 Å². The molecule has 2 nitrogen and oxygen atoms in total. The topological polar surface area (TPSA) is 37.3 Å². The van der Waals surface area contributed by atoms with Gasteiger partial charge in [0.15, 0.2) is 0 Å². The zero-order valence-corrected chi connectivity index (χ0v) is 4.06. The van der Waals surface area contributed by atoms with Gasteiger partial charge in [-0.15, -0.1) is 0 Å². The van der Waals surface area contributed by atoms with Crippen LogP contribution in [-0.2, 0) is 4.57 Å². The summed E-state index contributed by atoms with van der Waals surface area (Å²) in [5, 5.41) is 7.88. The molecule has 0 saturated heterocycles. The lowest BCUT2D eigenvalue weighted by Crippen LogP contribution is -1.63. The minimum Gasteiger partial charge on any atom is -0.389 e. The highest BCUT2D eigenvalue weighted by Gasteiger charge is 1.75. The smallest absolute Gasteiger partial charge is 0.0973 e. The van der Waals surface area contributed by atoms with Gasteiger partial charge in [0.05, 0.1) is 14.1 Å². The third-order valence-corrected chi connectivity index (χ3v) is 0.668. The fourth-order valence-electron chi connectivity index (χ4n) is 0. The zero-order valence-electron chi connectivity index (χ0n) is 3.06. The fourth-order valence-corrected chi connectivity index (χ4v) is 0. The number of aliphatic hydroxyl groups is 1. The molecular formula is C2H7O2P. The lowest BCUT2D eigenvalue weighted by molar-refractivity contribution is 0.363. The summed E-state index contributed by atoms with van der Waals surface area (Å²) in [7, 11) is -1.57. The van der Waals surface area contributed by atoms with Gasteiger partial charge in [-0.2, -0.15) is 0 Å². The monoisotopic (exact) mass is 94.0 g/mol. The van der Waals surface area contributed by atoms with Gasteiger partial charge in [0.2, 0.25) is 0 Å². The Morgan fingerprint density at radius 2 is 2.20 bits per heavy atom. The van der Waals surface area contributed by atoms with Gasteiger partial charge in [0, 0.05) is 0 Å². The van der Waals surface area contributed by atoms with Crippen molar-refractivity contribution in [2.45, 2.75) is 0 Å². The van der Waals surface area contributed by atoms with Crippen LogP contribution in [0.2, 0.25) is 0 Å². The van der Waals surface area contributed by atoms with Crippen molar-refractivity contribution in [3.05, 3.63) is 0 Å². The van der Waals surface area contributed by atoms with E-state index < -0.39 is 7.80 Å². The van der Waals surface area contributed by atoms with Gasteiger partial charge in [-0.1, -0.05) is 0 Å². The first kappa shape index (κ1) is 5.19. The van der Waals surface area contributed by atoms with E-state index in [-0.39, 0.29) is 6.35 Å². The molecule has 1 N–H and O–H groups in total. The lowest BCUT2D eigenvalue weighted by Gasteiger charge is -1.74. The highest BCUT2D eigenvalue weighted by molar-refractivity contribution is 7.43. The van der Waals surface area contributed by atoms with Crippen molar-refractivity contribution in [3.63, 3.8) is 0 Å². The van der Waals surface area contributed by atoms with Gasteiger partial charge in [0.1, 0.15) is 0 Å². The van der Waals surface area contributed by atoms with Crippen LogP contribution in [0.3, 0.4) is 0 Å². The highest BCUT2D eigenvalue weighted by Crippen LogP contribution is 2.07. The van der Waals surface area contributed by atoms with E-state index in [9.17, 15) is 4.57 Å². The average molecular weight is 94.0 g/mol. The molecule has 0 heterocycles. The number of hydrogen-bond acceptors (Lipinski definition) is 2. The minimum atomic E-state index is -1.57. The molecule has 0 aromatic rings. The molecule has 0 aliphatic carbocycles. The van der Waals surface area contributed by atoms with Crippen LogP contribution in [0.4, 0.5) is 0 Å². The maximum absolute atomic E-state index is 9.75. The molecule has 0 bridgehead atoms. The summed E-state index contributed by atoms with van der Waals surface area (Å²) in [6.45, 7) is 1.52. The van der Waals surface area contributed by atoms with Crippen LogP contribution in [0.5, 0.6) is 0 Å². The molecule has 0 radical (unpaired) electrons. The maximum atomic E-state index is 9.75. The first-order chi connectivity index (χ1) is 2.27. The Morgan fingerprint density at radius 3 is 2.20 bits per heavy atom. The third kappa shape index (κ3) is 4.19. The van der Waals surface area contributed by atoms with Gasteiger partial charge in [0.25, 0.3) is 0 Å². The molecule has 0 aromatic carbocycles. The van der Waals surface area contributed by atoms with Crippen molar-refractivity contribution < 1.29 is 9.67 Å². The summed E-state index contributed by atoms with van der Waals surface area (Å²) in [6.07, 6.45) is -0.148. The molecular weight excluding hydrogens is 87.0 g/mol. The second-order valence-electron chi connectivity index (χ2n) is 0.860. The molecule has 32 valence electrons. The molecule has 0 aliphatic heterocycles. The van der Waals surface area contributed by atoms with Crippen molar-refractivity contribution in [1.29, 1.82) is 0 Å². The molecule has 1 unspecified atom stereocenters.